The predicted octanol–water partition coefficient (Wildman–Crippen LogP) is 4.75. The molecule has 0 atom stereocenters. The van der Waals surface area contributed by atoms with Gasteiger partial charge in [0.2, 0.25) is 11.8 Å². The molecule has 0 saturated heterocycles. The van der Waals surface area contributed by atoms with Crippen molar-refractivity contribution in [1.29, 1.82) is 0 Å². The topological polar surface area (TPSA) is 68.0 Å². The Morgan fingerprint density at radius 3 is 2.65 bits per heavy atom. The molecule has 0 aliphatic rings. The van der Waals surface area contributed by atoms with E-state index in [0.29, 0.717) is 11.1 Å². The second-order valence-corrected chi connectivity index (χ2v) is 7.16. The Balaban J connectivity index is 1.57. The molecule has 0 bridgehead atoms. The summed E-state index contributed by atoms with van der Waals surface area (Å²) in [5.74, 6) is 1.30. The highest BCUT2D eigenvalue weighted by atomic mass is 32.2. The molecule has 0 saturated carbocycles. The number of amides is 1. The highest BCUT2D eigenvalue weighted by molar-refractivity contribution is 8.00. The number of carbonyl (C=O) groups is 1. The smallest absolute Gasteiger partial charge is 0.277 e. The number of hydrogen-bond donors (Lipinski definition) is 1. The van der Waals surface area contributed by atoms with E-state index < -0.39 is 0 Å². The van der Waals surface area contributed by atoms with E-state index >= 15 is 0 Å². The van der Waals surface area contributed by atoms with Gasteiger partial charge in [-0.15, -0.1) is 28.5 Å². The number of rotatable bonds is 8. The van der Waals surface area contributed by atoms with Crippen molar-refractivity contribution in [2.45, 2.75) is 10.1 Å². The van der Waals surface area contributed by atoms with Gasteiger partial charge in [-0.2, -0.15) is 0 Å². The first-order chi connectivity index (χ1) is 12.8. The van der Waals surface area contributed by atoms with Gasteiger partial charge in [0.05, 0.1) is 11.4 Å². The van der Waals surface area contributed by atoms with Crippen molar-refractivity contribution in [3.05, 3.63) is 67.3 Å². The maximum atomic E-state index is 12.2. The van der Waals surface area contributed by atoms with Crippen molar-refractivity contribution < 1.29 is 9.21 Å². The molecule has 3 rings (SSSR count). The Kier molecular flexibility index (Phi) is 6.51. The molecule has 1 amide bonds. The molecular weight excluding hydrogens is 366 g/mol. The van der Waals surface area contributed by atoms with Crippen molar-refractivity contribution in [2.75, 3.05) is 16.8 Å². The molecule has 1 aromatic heterocycles. The minimum absolute atomic E-state index is 0.124. The first kappa shape index (κ1) is 18.3. The lowest BCUT2D eigenvalue weighted by Gasteiger charge is -2.09. The molecule has 26 heavy (non-hydrogen) atoms. The lowest BCUT2D eigenvalue weighted by molar-refractivity contribution is -0.113. The largest absolute Gasteiger partial charge is 0.411 e. The average molecular weight is 383 g/mol. The molecular formula is C19H17N3O2S2. The van der Waals surface area contributed by atoms with Crippen molar-refractivity contribution >= 4 is 35.1 Å². The fraction of sp³-hybridized carbons (Fsp3) is 0.105. The van der Waals surface area contributed by atoms with Crippen LogP contribution in [0.2, 0.25) is 0 Å². The number of aromatic nitrogens is 2. The lowest BCUT2D eigenvalue weighted by Crippen LogP contribution is -2.14. The summed E-state index contributed by atoms with van der Waals surface area (Å²) in [6.45, 7) is 3.72. The predicted molar refractivity (Wildman–Crippen MR) is 106 cm³/mol. The monoisotopic (exact) mass is 383 g/mol. The van der Waals surface area contributed by atoms with Gasteiger partial charge < -0.3 is 9.73 Å². The second-order valence-electron chi connectivity index (χ2n) is 5.17. The highest BCUT2D eigenvalue weighted by Gasteiger charge is 2.12. The van der Waals surface area contributed by atoms with E-state index in [1.165, 1.54) is 11.8 Å². The summed E-state index contributed by atoms with van der Waals surface area (Å²) < 4.78 is 5.59. The number of thioether (sulfide) groups is 2. The summed E-state index contributed by atoms with van der Waals surface area (Å²) >= 11 is 2.84. The molecule has 3 aromatic rings. The van der Waals surface area contributed by atoms with E-state index in [1.807, 2.05) is 60.7 Å². The standard InChI is InChI=1S/C19H17N3O2S2/c1-2-12-25-16-11-7-6-10-15(16)20-17(23)13-26-19-22-21-18(24-19)14-8-4-3-5-9-14/h2-11H,1,12-13H2,(H,20,23). The highest BCUT2D eigenvalue weighted by Crippen LogP contribution is 2.27. The van der Waals surface area contributed by atoms with Crippen LogP contribution in [0.5, 0.6) is 0 Å². The summed E-state index contributed by atoms with van der Waals surface area (Å²) in [7, 11) is 0. The van der Waals surface area contributed by atoms with Crippen LogP contribution in [0.4, 0.5) is 5.69 Å². The Morgan fingerprint density at radius 2 is 1.85 bits per heavy atom. The first-order valence-electron chi connectivity index (χ1n) is 7.90. The molecule has 0 fully saturated rings. The van der Waals surface area contributed by atoms with Gasteiger partial charge in [-0.1, -0.05) is 48.2 Å². The van der Waals surface area contributed by atoms with Crippen LogP contribution in [0.15, 0.2) is 81.8 Å². The van der Waals surface area contributed by atoms with Crippen LogP contribution in [-0.2, 0) is 4.79 Å². The SMILES string of the molecule is C=CCSc1ccccc1NC(=O)CSc1nnc(-c2ccccc2)o1. The Labute approximate surface area is 160 Å². The zero-order valence-corrected chi connectivity index (χ0v) is 15.6. The molecule has 2 aromatic carbocycles. The zero-order valence-electron chi connectivity index (χ0n) is 13.9. The number of anilines is 1. The van der Waals surface area contributed by atoms with Crippen molar-refractivity contribution in [3.63, 3.8) is 0 Å². The number of para-hydroxylation sites is 1. The molecule has 1 N–H and O–H groups in total. The molecule has 5 nitrogen and oxygen atoms in total. The molecule has 0 unspecified atom stereocenters. The summed E-state index contributed by atoms with van der Waals surface area (Å²) in [6, 6.07) is 17.2. The van der Waals surface area contributed by atoms with Gasteiger partial charge in [0, 0.05) is 16.2 Å². The third kappa shape index (κ3) is 5.00. The summed E-state index contributed by atoms with van der Waals surface area (Å²) in [5.41, 5.74) is 1.64. The maximum absolute atomic E-state index is 12.2. The molecule has 1 heterocycles. The summed E-state index contributed by atoms with van der Waals surface area (Å²) in [5, 5.41) is 11.3. The van der Waals surface area contributed by atoms with E-state index in [-0.39, 0.29) is 11.7 Å². The van der Waals surface area contributed by atoms with E-state index in [1.54, 1.807) is 11.8 Å². The van der Waals surface area contributed by atoms with Crippen molar-refractivity contribution in [2.24, 2.45) is 0 Å². The van der Waals surface area contributed by atoms with E-state index in [0.717, 1.165) is 21.9 Å². The van der Waals surface area contributed by atoms with Crippen LogP contribution in [0.25, 0.3) is 11.5 Å². The van der Waals surface area contributed by atoms with Gasteiger partial charge >= 0.3 is 0 Å². The average Bonchev–Trinajstić information content (AvgIpc) is 3.15. The van der Waals surface area contributed by atoms with Gasteiger partial charge in [-0.05, 0) is 24.3 Å². The summed E-state index contributed by atoms with van der Waals surface area (Å²) in [6.07, 6.45) is 1.83. The Hall–Kier alpha value is -2.51. The number of carbonyl (C=O) groups excluding carboxylic acids is 1. The van der Waals surface area contributed by atoms with E-state index in [4.69, 9.17) is 4.42 Å². The van der Waals surface area contributed by atoms with Gasteiger partial charge in [0.25, 0.3) is 5.22 Å². The fourth-order valence-corrected chi connectivity index (χ4v) is 3.43. The minimum Gasteiger partial charge on any atom is -0.411 e. The van der Waals surface area contributed by atoms with Gasteiger partial charge in [-0.3, -0.25) is 4.79 Å². The molecule has 0 aliphatic heterocycles. The zero-order chi connectivity index (χ0) is 18.2. The van der Waals surface area contributed by atoms with Crippen molar-refractivity contribution in [3.8, 4) is 11.5 Å². The minimum atomic E-state index is -0.124. The van der Waals surface area contributed by atoms with Crippen LogP contribution in [-0.4, -0.2) is 27.6 Å². The van der Waals surface area contributed by atoms with Crippen LogP contribution in [0, 0.1) is 0 Å². The summed E-state index contributed by atoms with van der Waals surface area (Å²) in [4.78, 5) is 13.2. The molecule has 7 heteroatoms. The number of nitrogens with one attached hydrogen (secondary N) is 1. The van der Waals surface area contributed by atoms with Crippen LogP contribution in [0.3, 0.4) is 0 Å². The van der Waals surface area contributed by atoms with E-state index in [2.05, 4.69) is 22.1 Å². The quantitative estimate of drug-likeness (QED) is 0.447. The van der Waals surface area contributed by atoms with Crippen molar-refractivity contribution in [1.82, 2.24) is 10.2 Å². The van der Waals surface area contributed by atoms with Gasteiger partial charge in [0.1, 0.15) is 0 Å². The normalized spacial score (nSPS) is 10.5. The Bertz CT molecular complexity index is 881. The Morgan fingerprint density at radius 1 is 1.08 bits per heavy atom. The second kappa shape index (κ2) is 9.26. The number of nitrogens with zero attached hydrogens (tertiary/aromatic N) is 2. The maximum Gasteiger partial charge on any atom is 0.277 e. The van der Waals surface area contributed by atoms with Gasteiger partial charge in [0.15, 0.2) is 0 Å². The number of hydrogen-bond acceptors (Lipinski definition) is 6. The van der Waals surface area contributed by atoms with Crippen LogP contribution >= 0.6 is 23.5 Å². The fourth-order valence-electron chi connectivity index (χ4n) is 2.12. The molecule has 0 spiro atoms. The van der Waals surface area contributed by atoms with Crippen LogP contribution in [0.1, 0.15) is 0 Å². The van der Waals surface area contributed by atoms with Crippen LogP contribution < -0.4 is 5.32 Å². The van der Waals surface area contributed by atoms with E-state index in [9.17, 15) is 4.79 Å². The molecule has 0 radical (unpaired) electrons. The third-order valence-corrected chi connectivity index (χ3v) is 5.16. The molecule has 0 aliphatic carbocycles. The van der Waals surface area contributed by atoms with Gasteiger partial charge in [-0.25, -0.2) is 0 Å². The number of benzene rings is 2. The lowest BCUT2D eigenvalue weighted by atomic mass is 10.2. The molecule has 132 valence electrons. The first-order valence-corrected chi connectivity index (χ1v) is 9.87. The third-order valence-electron chi connectivity index (χ3n) is 3.27.